The Morgan fingerprint density at radius 2 is 1.69 bits per heavy atom. The van der Waals surface area contributed by atoms with Crippen molar-refractivity contribution in [2.75, 3.05) is 19.5 Å². The van der Waals surface area contributed by atoms with Gasteiger partial charge < -0.3 is 4.74 Å². The van der Waals surface area contributed by atoms with E-state index >= 15 is 0 Å². The van der Waals surface area contributed by atoms with Gasteiger partial charge in [-0.05, 0) is 13.8 Å². The van der Waals surface area contributed by atoms with Crippen LogP contribution in [0.25, 0.3) is 0 Å². The molecule has 0 N–H and O–H groups in total. The Balaban J connectivity index is 4.12. The first kappa shape index (κ1) is 15.7. The van der Waals surface area contributed by atoms with E-state index in [0.717, 1.165) is 0 Å². The lowest BCUT2D eigenvalue weighted by molar-refractivity contribution is -0.107. The highest BCUT2D eigenvalue weighted by atomic mass is 32.2. The average molecular weight is 264 g/mol. The van der Waals surface area contributed by atoms with Gasteiger partial charge in [-0.15, -0.1) is 0 Å². The van der Waals surface area contributed by atoms with Crippen LogP contribution < -0.4 is 0 Å². The highest BCUT2D eigenvalue weighted by Gasteiger charge is 2.36. The molecule has 0 rings (SSSR count). The molecule has 0 aliphatic carbocycles. The number of rotatable bonds is 6. The molecule has 16 heavy (non-hydrogen) atoms. The molecule has 0 radical (unpaired) electrons. The van der Waals surface area contributed by atoms with E-state index < -0.39 is 27.6 Å². The van der Waals surface area contributed by atoms with Crippen LogP contribution in [0.2, 0.25) is 0 Å². The van der Waals surface area contributed by atoms with Crippen molar-refractivity contribution in [1.82, 2.24) is 0 Å². The molecule has 0 aliphatic rings. The topological polar surface area (TPSA) is 52.6 Å². The molecule has 0 heterocycles. The number of halogens is 3. The summed E-state index contributed by atoms with van der Waals surface area (Å²) in [6, 6.07) is 0. The van der Waals surface area contributed by atoms with Crippen molar-refractivity contribution in [3.63, 3.8) is 0 Å². The second-order valence-electron chi connectivity index (χ2n) is 3.85. The van der Waals surface area contributed by atoms with Gasteiger partial charge in [0.2, 0.25) is 0 Å². The minimum Gasteiger partial charge on any atom is -0.379 e. The quantitative estimate of drug-likeness (QED) is 0.685. The second-order valence-corrected chi connectivity index (χ2v) is 5.49. The lowest BCUT2D eigenvalue weighted by atomic mass is 10.1. The maximum Gasteiger partial charge on any atom is 0.405 e. The normalized spacial score (nSPS) is 14.1. The molecule has 8 heteroatoms. The van der Waals surface area contributed by atoms with Gasteiger partial charge in [0.1, 0.15) is 0 Å². The lowest BCUT2D eigenvalue weighted by Crippen LogP contribution is -2.28. The van der Waals surface area contributed by atoms with E-state index in [1.54, 1.807) is 13.8 Å². The molecular formula is C8H15F3O4S. The fourth-order valence-corrected chi connectivity index (χ4v) is 1.58. The molecule has 0 atom stereocenters. The predicted octanol–water partition coefficient (Wildman–Crippen LogP) is 1.71. The van der Waals surface area contributed by atoms with Gasteiger partial charge >= 0.3 is 6.18 Å². The predicted molar refractivity (Wildman–Crippen MR) is 51.5 cm³/mol. The van der Waals surface area contributed by atoms with Gasteiger partial charge in [0.25, 0.3) is 10.1 Å². The molecule has 98 valence electrons. The van der Waals surface area contributed by atoms with Crippen molar-refractivity contribution < 1.29 is 30.5 Å². The Bertz CT molecular complexity index is 308. The summed E-state index contributed by atoms with van der Waals surface area (Å²) in [6.07, 6.45) is -4.60. The Kier molecular flexibility index (Phi) is 5.21. The highest BCUT2D eigenvalue weighted by molar-refractivity contribution is 7.86. The molecule has 0 aliphatic heterocycles. The number of methoxy groups -OCH3 is 1. The average Bonchev–Trinajstić information content (AvgIpc) is 1.98. The largest absolute Gasteiger partial charge is 0.405 e. The molecule has 0 fully saturated rings. The van der Waals surface area contributed by atoms with Crippen LogP contribution in [0.15, 0.2) is 0 Å². The monoisotopic (exact) mass is 264 g/mol. The van der Waals surface area contributed by atoms with E-state index in [4.69, 9.17) is 4.74 Å². The van der Waals surface area contributed by atoms with Crippen LogP contribution in [0.3, 0.4) is 0 Å². The van der Waals surface area contributed by atoms with Crippen molar-refractivity contribution in [2.45, 2.75) is 32.0 Å². The van der Waals surface area contributed by atoms with Crippen molar-refractivity contribution in [2.24, 2.45) is 0 Å². The van der Waals surface area contributed by atoms with E-state index in [2.05, 4.69) is 4.18 Å². The minimum atomic E-state index is -4.78. The molecule has 0 aromatic heterocycles. The van der Waals surface area contributed by atoms with Crippen LogP contribution in [0.1, 0.15) is 20.3 Å². The summed E-state index contributed by atoms with van der Waals surface area (Å²) < 4.78 is 66.2. The zero-order valence-electron chi connectivity index (χ0n) is 9.30. The maximum atomic E-state index is 11.8. The third-order valence-corrected chi connectivity index (χ3v) is 3.07. The first-order valence-electron chi connectivity index (χ1n) is 4.46. The van der Waals surface area contributed by atoms with Gasteiger partial charge in [0, 0.05) is 13.5 Å². The van der Waals surface area contributed by atoms with Gasteiger partial charge in [0.15, 0.2) is 5.75 Å². The van der Waals surface area contributed by atoms with E-state index in [0.29, 0.717) is 0 Å². The summed E-state index contributed by atoms with van der Waals surface area (Å²) in [6.45, 7) is 3.01. The molecule has 0 spiro atoms. The lowest BCUT2D eigenvalue weighted by Gasteiger charge is -2.22. The summed E-state index contributed by atoms with van der Waals surface area (Å²) in [5.74, 6) is -1.96. The van der Waals surface area contributed by atoms with Crippen molar-refractivity contribution in [1.29, 1.82) is 0 Å². The molecule has 0 saturated heterocycles. The van der Waals surface area contributed by atoms with E-state index in [9.17, 15) is 21.6 Å². The molecular weight excluding hydrogens is 249 g/mol. The SMILES string of the molecule is COC(C)(C)CCOS(=O)(=O)CC(F)(F)F. The van der Waals surface area contributed by atoms with Gasteiger partial charge in [-0.1, -0.05) is 0 Å². The van der Waals surface area contributed by atoms with Crippen molar-refractivity contribution in [3.8, 4) is 0 Å². The summed E-state index contributed by atoms with van der Waals surface area (Å²) in [7, 11) is -3.13. The molecule has 0 amide bonds. The van der Waals surface area contributed by atoms with Gasteiger partial charge in [-0.2, -0.15) is 21.6 Å². The van der Waals surface area contributed by atoms with Crippen LogP contribution >= 0.6 is 0 Å². The van der Waals surface area contributed by atoms with Crippen molar-refractivity contribution in [3.05, 3.63) is 0 Å². The van der Waals surface area contributed by atoms with Crippen LogP contribution in [0.4, 0.5) is 13.2 Å². The molecule has 0 aromatic carbocycles. The maximum absolute atomic E-state index is 11.8. The third kappa shape index (κ3) is 7.89. The summed E-state index contributed by atoms with van der Waals surface area (Å²) >= 11 is 0. The number of hydrogen-bond donors (Lipinski definition) is 0. The van der Waals surface area contributed by atoms with Gasteiger partial charge in [-0.3, -0.25) is 4.18 Å². The Morgan fingerprint density at radius 1 is 1.19 bits per heavy atom. The standard InChI is InChI=1S/C8H15F3O4S/c1-7(2,14-3)4-5-15-16(12,13)6-8(9,10)11/h4-6H2,1-3H3. The van der Waals surface area contributed by atoms with E-state index in [-0.39, 0.29) is 13.0 Å². The Morgan fingerprint density at radius 3 is 2.06 bits per heavy atom. The number of hydrogen-bond acceptors (Lipinski definition) is 4. The zero-order valence-corrected chi connectivity index (χ0v) is 10.1. The fraction of sp³-hybridized carbons (Fsp3) is 1.00. The zero-order chi connectivity index (χ0) is 13.0. The first-order chi connectivity index (χ1) is 6.97. The minimum absolute atomic E-state index is 0.181. The fourth-order valence-electron chi connectivity index (χ4n) is 0.759. The second kappa shape index (κ2) is 5.33. The van der Waals surface area contributed by atoms with Gasteiger partial charge in [0.05, 0.1) is 12.2 Å². The van der Waals surface area contributed by atoms with Crippen molar-refractivity contribution >= 4 is 10.1 Å². The van der Waals surface area contributed by atoms with Crippen LogP contribution in [-0.4, -0.2) is 39.7 Å². The van der Waals surface area contributed by atoms with Crippen LogP contribution in [0, 0.1) is 0 Å². The highest BCUT2D eigenvalue weighted by Crippen LogP contribution is 2.19. The molecule has 4 nitrogen and oxygen atoms in total. The number of ether oxygens (including phenoxy) is 1. The number of alkyl halides is 3. The molecule has 0 unspecified atom stereocenters. The van der Waals surface area contributed by atoms with E-state index in [1.807, 2.05) is 0 Å². The van der Waals surface area contributed by atoms with Crippen LogP contribution in [0.5, 0.6) is 0 Å². The third-order valence-electron chi connectivity index (χ3n) is 1.86. The van der Waals surface area contributed by atoms with Gasteiger partial charge in [-0.25, -0.2) is 0 Å². The Labute approximate surface area is 92.9 Å². The summed E-state index contributed by atoms with van der Waals surface area (Å²) in [5.41, 5.74) is -0.631. The summed E-state index contributed by atoms with van der Waals surface area (Å²) in [4.78, 5) is 0. The molecule has 0 aromatic rings. The van der Waals surface area contributed by atoms with Crippen LogP contribution in [-0.2, 0) is 19.0 Å². The summed E-state index contributed by atoms with van der Waals surface area (Å²) in [5, 5.41) is 0. The van der Waals surface area contributed by atoms with E-state index in [1.165, 1.54) is 7.11 Å². The first-order valence-corrected chi connectivity index (χ1v) is 6.04. The smallest absolute Gasteiger partial charge is 0.379 e. The molecule has 0 bridgehead atoms. The molecule has 0 saturated carbocycles. The Hall–Kier alpha value is -0.340.